The van der Waals surface area contributed by atoms with Gasteiger partial charge in [0.1, 0.15) is 0 Å². The Bertz CT molecular complexity index is 899. The number of thiazole rings is 1. The van der Waals surface area contributed by atoms with Crippen molar-refractivity contribution in [2.45, 2.75) is 38.9 Å². The van der Waals surface area contributed by atoms with Gasteiger partial charge in [-0.2, -0.15) is 0 Å². The number of aliphatic imine (C=N–C) groups is 1. The van der Waals surface area contributed by atoms with Crippen molar-refractivity contribution in [3.63, 3.8) is 0 Å². The molecule has 4 heteroatoms. The highest BCUT2D eigenvalue weighted by Gasteiger charge is 2.20. The maximum Gasteiger partial charge on any atom is 0.0815 e. The summed E-state index contributed by atoms with van der Waals surface area (Å²) in [6, 6.07) is 13.9. The van der Waals surface area contributed by atoms with Crippen molar-refractivity contribution < 1.29 is 0 Å². The molecule has 0 fully saturated rings. The number of aromatic nitrogens is 1. The van der Waals surface area contributed by atoms with E-state index in [1.807, 2.05) is 5.51 Å². The van der Waals surface area contributed by atoms with Gasteiger partial charge in [-0.3, -0.25) is 9.89 Å². The Kier molecular flexibility index (Phi) is 4.64. The molecule has 1 aromatic heterocycles. The standard InChI is InChI=1S/C21H23N3S/c1-15(17-7-8-21-20(11-17)23-14-25-21)24-9-3-4-18-10-16(12-22-2)5-6-19(18)13-24/h5-8,10-11,14-15H,2-4,9,12-13H2,1H3. The van der Waals surface area contributed by atoms with Crippen molar-refractivity contribution in [1.82, 2.24) is 9.88 Å². The predicted octanol–water partition coefficient (Wildman–Crippen LogP) is 5.01. The molecule has 0 radical (unpaired) electrons. The summed E-state index contributed by atoms with van der Waals surface area (Å²) in [7, 11) is 0. The van der Waals surface area contributed by atoms with Gasteiger partial charge in [0.15, 0.2) is 0 Å². The summed E-state index contributed by atoms with van der Waals surface area (Å²) >= 11 is 1.71. The maximum atomic E-state index is 4.47. The number of fused-ring (bicyclic) bond motifs is 2. The van der Waals surface area contributed by atoms with Gasteiger partial charge in [-0.1, -0.05) is 24.3 Å². The first-order chi connectivity index (χ1) is 12.2. The van der Waals surface area contributed by atoms with Crippen LogP contribution in [0.4, 0.5) is 0 Å². The highest BCUT2D eigenvalue weighted by molar-refractivity contribution is 7.16. The molecule has 4 rings (SSSR count). The first-order valence-electron chi connectivity index (χ1n) is 8.85. The average Bonchev–Trinajstić information content (AvgIpc) is 2.99. The highest BCUT2D eigenvalue weighted by atomic mass is 32.1. The molecule has 0 aliphatic carbocycles. The lowest BCUT2D eigenvalue weighted by Gasteiger charge is -2.28. The number of nitrogens with zero attached hydrogens (tertiary/aromatic N) is 3. The first kappa shape index (κ1) is 16.4. The van der Waals surface area contributed by atoms with E-state index in [9.17, 15) is 0 Å². The minimum atomic E-state index is 0.395. The van der Waals surface area contributed by atoms with Gasteiger partial charge in [0, 0.05) is 12.6 Å². The molecule has 1 unspecified atom stereocenters. The third kappa shape index (κ3) is 3.37. The summed E-state index contributed by atoms with van der Waals surface area (Å²) in [4.78, 5) is 11.1. The second-order valence-electron chi connectivity index (χ2n) is 6.81. The zero-order valence-electron chi connectivity index (χ0n) is 14.6. The Morgan fingerprint density at radius 2 is 2.16 bits per heavy atom. The molecule has 1 aliphatic rings. The molecule has 0 saturated carbocycles. The molecule has 2 heterocycles. The number of rotatable bonds is 4. The Morgan fingerprint density at radius 3 is 3.04 bits per heavy atom. The minimum Gasteiger partial charge on any atom is -0.296 e. The molecule has 0 spiro atoms. The molecule has 1 aliphatic heterocycles. The van der Waals surface area contributed by atoms with Crippen molar-refractivity contribution in [3.8, 4) is 0 Å². The Labute approximate surface area is 153 Å². The molecule has 3 nitrogen and oxygen atoms in total. The third-order valence-electron chi connectivity index (χ3n) is 5.21. The van der Waals surface area contributed by atoms with E-state index in [0.29, 0.717) is 12.6 Å². The molecule has 0 N–H and O–H groups in total. The fourth-order valence-corrected chi connectivity index (χ4v) is 4.40. The normalized spacial score (nSPS) is 16.4. The second-order valence-corrected chi connectivity index (χ2v) is 7.70. The molecular weight excluding hydrogens is 326 g/mol. The number of aryl methyl sites for hydroxylation is 1. The number of hydrogen-bond acceptors (Lipinski definition) is 4. The van der Waals surface area contributed by atoms with Gasteiger partial charge in [-0.15, -0.1) is 11.3 Å². The SMILES string of the molecule is C=NCc1ccc2c(c1)CCCN(C(C)c1ccc3scnc3c1)C2. The van der Waals surface area contributed by atoms with E-state index in [1.54, 1.807) is 11.3 Å². The Balaban J connectivity index is 1.58. The number of benzene rings is 2. The van der Waals surface area contributed by atoms with Gasteiger partial charge >= 0.3 is 0 Å². The average molecular weight is 350 g/mol. The molecule has 25 heavy (non-hydrogen) atoms. The summed E-state index contributed by atoms with van der Waals surface area (Å²) in [5, 5.41) is 0. The summed E-state index contributed by atoms with van der Waals surface area (Å²) in [6.45, 7) is 8.77. The largest absolute Gasteiger partial charge is 0.296 e. The molecule has 128 valence electrons. The van der Waals surface area contributed by atoms with Crippen LogP contribution in [-0.4, -0.2) is 23.1 Å². The quantitative estimate of drug-likeness (QED) is 0.620. The van der Waals surface area contributed by atoms with Gasteiger partial charge < -0.3 is 0 Å². The van der Waals surface area contributed by atoms with E-state index in [4.69, 9.17) is 0 Å². The van der Waals surface area contributed by atoms with E-state index >= 15 is 0 Å². The van der Waals surface area contributed by atoms with Crippen LogP contribution < -0.4 is 0 Å². The molecule has 2 aromatic carbocycles. The number of hydrogen-bond donors (Lipinski definition) is 0. The van der Waals surface area contributed by atoms with Crippen molar-refractivity contribution in [2.75, 3.05) is 6.54 Å². The maximum absolute atomic E-state index is 4.47. The van der Waals surface area contributed by atoms with Crippen molar-refractivity contribution in [2.24, 2.45) is 4.99 Å². The zero-order chi connectivity index (χ0) is 17.2. The van der Waals surface area contributed by atoms with Crippen LogP contribution in [0.5, 0.6) is 0 Å². The van der Waals surface area contributed by atoms with E-state index in [2.05, 4.69) is 64.9 Å². The van der Waals surface area contributed by atoms with Crippen LogP contribution in [-0.2, 0) is 19.5 Å². The van der Waals surface area contributed by atoms with Gasteiger partial charge in [-0.05, 0) is 67.4 Å². The fourth-order valence-electron chi connectivity index (χ4n) is 3.74. The second kappa shape index (κ2) is 7.06. The van der Waals surface area contributed by atoms with Crippen molar-refractivity contribution >= 4 is 28.3 Å². The highest BCUT2D eigenvalue weighted by Crippen LogP contribution is 2.30. The monoisotopic (exact) mass is 349 g/mol. The predicted molar refractivity (Wildman–Crippen MR) is 106 cm³/mol. The van der Waals surface area contributed by atoms with Crippen LogP contribution in [0, 0.1) is 0 Å². The summed E-state index contributed by atoms with van der Waals surface area (Å²) in [5.74, 6) is 0. The van der Waals surface area contributed by atoms with Crippen LogP contribution in [0.2, 0.25) is 0 Å². The van der Waals surface area contributed by atoms with Crippen LogP contribution in [0.15, 0.2) is 46.9 Å². The summed E-state index contributed by atoms with van der Waals surface area (Å²) in [5.41, 5.74) is 8.60. The van der Waals surface area contributed by atoms with Crippen molar-refractivity contribution in [1.29, 1.82) is 0 Å². The van der Waals surface area contributed by atoms with E-state index in [-0.39, 0.29) is 0 Å². The van der Waals surface area contributed by atoms with E-state index in [0.717, 1.165) is 25.0 Å². The Hall–Kier alpha value is -2.04. The first-order valence-corrected chi connectivity index (χ1v) is 9.73. The zero-order valence-corrected chi connectivity index (χ0v) is 15.4. The van der Waals surface area contributed by atoms with Crippen LogP contribution in [0.3, 0.4) is 0 Å². The van der Waals surface area contributed by atoms with Crippen LogP contribution in [0.25, 0.3) is 10.2 Å². The van der Waals surface area contributed by atoms with E-state index in [1.165, 1.54) is 33.4 Å². The lowest BCUT2D eigenvalue weighted by Crippen LogP contribution is -2.26. The molecule has 3 aromatic rings. The molecular formula is C21H23N3S. The lowest BCUT2D eigenvalue weighted by molar-refractivity contribution is 0.205. The molecule has 0 bridgehead atoms. The fraction of sp³-hybridized carbons (Fsp3) is 0.333. The minimum absolute atomic E-state index is 0.395. The third-order valence-corrected chi connectivity index (χ3v) is 6.02. The van der Waals surface area contributed by atoms with Gasteiger partial charge in [-0.25, -0.2) is 4.98 Å². The summed E-state index contributed by atoms with van der Waals surface area (Å²) in [6.07, 6.45) is 2.34. The van der Waals surface area contributed by atoms with Gasteiger partial charge in [0.2, 0.25) is 0 Å². The lowest BCUT2D eigenvalue weighted by atomic mass is 10.0. The van der Waals surface area contributed by atoms with Crippen molar-refractivity contribution in [3.05, 3.63) is 64.2 Å². The van der Waals surface area contributed by atoms with Gasteiger partial charge in [0.25, 0.3) is 0 Å². The molecule has 0 saturated heterocycles. The summed E-state index contributed by atoms with van der Waals surface area (Å²) < 4.78 is 1.26. The van der Waals surface area contributed by atoms with Gasteiger partial charge in [0.05, 0.1) is 22.3 Å². The molecule has 1 atom stereocenters. The molecule has 0 amide bonds. The van der Waals surface area contributed by atoms with Crippen LogP contribution >= 0.6 is 11.3 Å². The Morgan fingerprint density at radius 1 is 1.24 bits per heavy atom. The van der Waals surface area contributed by atoms with E-state index < -0.39 is 0 Å². The van der Waals surface area contributed by atoms with Crippen LogP contribution in [0.1, 0.15) is 41.6 Å². The smallest absolute Gasteiger partial charge is 0.0815 e. The topological polar surface area (TPSA) is 28.5 Å².